The van der Waals surface area contributed by atoms with Crippen molar-refractivity contribution >= 4 is 18.0 Å². The van der Waals surface area contributed by atoms with Crippen molar-refractivity contribution in [2.75, 3.05) is 6.61 Å². The van der Waals surface area contributed by atoms with Crippen LogP contribution in [0.2, 0.25) is 0 Å². The summed E-state index contributed by atoms with van der Waals surface area (Å²) in [5.74, 6) is 0.0900. The van der Waals surface area contributed by atoms with E-state index in [4.69, 9.17) is 11.2 Å². The molecule has 1 saturated carbocycles. The lowest BCUT2D eigenvalue weighted by atomic mass is 9.98. The maximum atomic E-state index is 12.6. The van der Waals surface area contributed by atoms with E-state index in [1.54, 1.807) is 0 Å². The van der Waals surface area contributed by atoms with Crippen LogP contribution in [0.3, 0.4) is 0 Å². The highest BCUT2D eigenvalue weighted by Crippen LogP contribution is 2.44. The first-order chi connectivity index (χ1) is 16.0. The maximum absolute atomic E-state index is 12.6. The molecule has 0 heterocycles. The van der Waals surface area contributed by atoms with Gasteiger partial charge >= 0.3 is 12.1 Å². The number of carboxylic acids is 1. The molecule has 3 atom stereocenters. The molecule has 33 heavy (non-hydrogen) atoms. The number of amides is 2. The fraction of sp³-hybridized carbons (Fsp3) is 0.346. The van der Waals surface area contributed by atoms with Gasteiger partial charge in [-0.3, -0.25) is 4.79 Å². The molecule has 0 aromatic heterocycles. The Labute approximate surface area is 192 Å². The average Bonchev–Trinajstić information content (AvgIpc) is 3.40. The zero-order chi connectivity index (χ0) is 23.4. The molecule has 4 rings (SSSR count). The summed E-state index contributed by atoms with van der Waals surface area (Å²) in [6.45, 7) is 0.187. The first kappa shape index (κ1) is 22.4. The normalized spacial score (nSPS) is 19.6. The highest BCUT2D eigenvalue weighted by molar-refractivity contribution is 5.86. The van der Waals surface area contributed by atoms with Gasteiger partial charge in [-0.2, -0.15) is 0 Å². The van der Waals surface area contributed by atoms with Crippen molar-refractivity contribution < 1.29 is 24.2 Å². The van der Waals surface area contributed by atoms with Crippen LogP contribution < -0.4 is 10.6 Å². The van der Waals surface area contributed by atoms with Crippen molar-refractivity contribution in [3.8, 4) is 23.5 Å². The Bertz CT molecular complexity index is 1060. The van der Waals surface area contributed by atoms with E-state index >= 15 is 0 Å². The van der Waals surface area contributed by atoms with Crippen LogP contribution in [0, 0.1) is 18.3 Å². The van der Waals surface area contributed by atoms with Crippen molar-refractivity contribution in [3.05, 3.63) is 59.7 Å². The Morgan fingerprint density at radius 3 is 2.30 bits per heavy atom. The topological polar surface area (TPSA) is 105 Å². The molecule has 0 spiro atoms. The molecule has 1 fully saturated rings. The van der Waals surface area contributed by atoms with Crippen LogP contribution in [-0.2, 0) is 14.3 Å². The van der Waals surface area contributed by atoms with Gasteiger partial charge in [0.05, 0.1) is 5.92 Å². The third kappa shape index (κ3) is 4.70. The molecule has 0 bridgehead atoms. The van der Waals surface area contributed by atoms with Gasteiger partial charge in [0.25, 0.3) is 0 Å². The highest BCUT2D eigenvalue weighted by Gasteiger charge is 2.36. The van der Waals surface area contributed by atoms with Gasteiger partial charge in [0.2, 0.25) is 5.91 Å². The first-order valence-corrected chi connectivity index (χ1v) is 11.1. The predicted molar refractivity (Wildman–Crippen MR) is 122 cm³/mol. The van der Waals surface area contributed by atoms with E-state index in [0.717, 1.165) is 28.7 Å². The SMILES string of the molecule is C#CCC(NC(=O)C1CCCC1NC(=O)OCC1c2ccccc2-c2ccccc21)C(=O)O. The molecule has 0 saturated heterocycles. The summed E-state index contributed by atoms with van der Waals surface area (Å²) < 4.78 is 5.59. The van der Waals surface area contributed by atoms with E-state index in [2.05, 4.69) is 28.7 Å². The second kappa shape index (κ2) is 9.78. The van der Waals surface area contributed by atoms with Crippen LogP contribution in [-0.4, -0.2) is 41.8 Å². The standard InChI is InChI=1S/C26H26N2O5/c1-2-8-23(25(30)31)27-24(29)20-13-7-14-22(20)28-26(32)33-15-21-18-11-5-3-9-16(18)17-10-4-6-12-19(17)21/h1,3-6,9-12,20-23H,7-8,13-15H2,(H,27,29)(H,28,32)(H,30,31). The Kier molecular flexibility index (Phi) is 6.64. The summed E-state index contributed by atoms with van der Waals surface area (Å²) in [4.78, 5) is 36.5. The minimum atomic E-state index is -1.18. The Balaban J connectivity index is 1.37. The van der Waals surface area contributed by atoms with Gasteiger partial charge in [-0.15, -0.1) is 12.3 Å². The number of carboxylic acid groups (broad SMARTS) is 1. The number of aliphatic carboxylic acids is 1. The average molecular weight is 447 g/mol. The predicted octanol–water partition coefficient (Wildman–Crippen LogP) is 3.29. The lowest BCUT2D eigenvalue weighted by molar-refractivity contribution is -0.142. The zero-order valence-electron chi connectivity index (χ0n) is 18.1. The van der Waals surface area contributed by atoms with Crippen molar-refractivity contribution in [2.24, 2.45) is 5.92 Å². The number of ether oxygens (including phenoxy) is 1. The number of alkyl carbamates (subject to hydrolysis) is 1. The molecule has 3 N–H and O–H groups in total. The quantitative estimate of drug-likeness (QED) is 0.566. The third-order valence-electron chi connectivity index (χ3n) is 6.44. The molecule has 2 amide bonds. The smallest absolute Gasteiger partial charge is 0.407 e. The van der Waals surface area contributed by atoms with Gasteiger partial charge < -0.3 is 20.5 Å². The lowest BCUT2D eigenvalue weighted by Crippen LogP contribution is -2.48. The number of carbonyl (C=O) groups is 3. The molecule has 7 heteroatoms. The molecular weight excluding hydrogens is 420 g/mol. The molecule has 2 aliphatic rings. The lowest BCUT2D eigenvalue weighted by Gasteiger charge is -2.22. The second-order valence-electron chi connectivity index (χ2n) is 8.42. The monoisotopic (exact) mass is 446 g/mol. The Morgan fingerprint density at radius 2 is 1.70 bits per heavy atom. The van der Waals surface area contributed by atoms with Crippen LogP contribution in [0.1, 0.15) is 42.7 Å². The van der Waals surface area contributed by atoms with Crippen LogP contribution in [0.15, 0.2) is 48.5 Å². The maximum Gasteiger partial charge on any atom is 0.407 e. The Hall–Kier alpha value is -3.79. The van der Waals surface area contributed by atoms with Crippen molar-refractivity contribution in [2.45, 2.75) is 43.7 Å². The summed E-state index contributed by atoms with van der Waals surface area (Å²) in [5.41, 5.74) is 4.54. The molecule has 2 aliphatic carbocycles. The van der Waals surface area contributed by atoms with E-state index in [1.165, 1.54) is 0 Å². The number of nitrogens with one attached hydrogen (secondary N) is 2. The number of hydrogen-bond donors (Lipinski definition) is 3. The van der Waals surface area contributed by atoms with Gasteiger partial charge in [-0.1, -0.05) is 55.0 Å². The first-order valence-electron chi connectivity index (χ1n) is 11.1. The van der Waals surface area contributed by atoms with Gasteiger partial charge in [0, 0.05) is 18.4 Å². The summed E-state index contributed by atoms with van der Waals surface area (Å²) in [5, 5.41) is 14.5. The molecule has 2 aromatic carbocycles. The third-order valence-corrected chi connectivity index (χ3v) is 6.44. The number of fused-ring (bicyclic) bond motifs is 3. The molecule has 170 valence electrons. The minimum absolute atomic E-state index is 0.0501. The van der Waals surface area contributed by atoms with Gasteiger partial charge in [0.1, 0.15) is 12.6 Å². The highest BCUT2D eigenvalue weighted by atomic mass is 16.5. The summed E-state index contributed by atoms with van der Waals surface area (Å²) in [6.07, 6.45) is 6.44. The number of hydrogen-bond acceptors (Lipinski definition) is 4. The van der Waals surface area contributed by atoms with Crippen LogP contribution >= 0.6 is 0 Å². The molecule has 0 radical (unpaired) electrons. The molecule has 3 unspecified atom stereocenters. The number of benzene rings is 2. The summed E-state index contributed by atoms with van der Waals surface area (Å²) in [7, 11) is 0. The number of rotatable bonds is 7. The van der Waals surface area contributed by atoms with E-state index in [0.29, 0.717) is 12.8 Å². The van der Waals surface area contributed by atoms with Crippen LogP contribution in [0.4, 0.5) is 4.79 Å². The number of carbonyl (C=O) groups excluding carboxylic acids is 2. The van der Waals surface area contributed by atoms with E-state index in [-0.39, 0.29) is 18.9 Å². The van der Waals surface area contributed by atoms with Gasteiger partial charge in [-0.05, 0) is 35.1 Å². The largest absolute Gasteiger partial charge is 0.480 e. The van der Waals surface area contributed by atoms with E-state index in [1.807, 2.05) is 36.4 Å². The summed E-state index contributed by atoms with van der Waals surface area (Å²) in [6, 6.07) is 14.6. The molecule has 0 aliphatic heterocycles. The fourth-order valence-corrected chi connectivity index (χ4v) is 4.83. The second-order valence-corrected chi connectivity index (χ2v) is 8.42. The number of terminal acetylenes is 1. The minimum Gasteiger partial charge on any atom is -0.480 e. The molecule has 2 aromatic rings. The van der Waals surface area contributed by atoms with E-state index in [9.17, 15) is 19.5 Å². The molecule has 7 nitrogen and oxygen atoms in total. The fourth-order valence-electron chi connectivity index (χ4n) is 4.83. The molecular formula is C26H26N2O5. The van der Waals surface area contributed by atoms with Crippen molar-refractivity contribution in [1.82, 2.24) is 10.6 Å². The Morgan fingerprint density at radius 1 is 1.06 bits per heavy atom. The van der Waals surface area contributed by atoms with Gasteiger partial charge in [-0.25, -0.2) is 9.59 Å². The van der Waals surface area contributed by atoms with Crippen LogP contribution in [0.25, 0.3) is 11.1 Å². The zero-order valence-corrected chi connectivity index (χ0v) is 18.1. The van der Waals surface area contributed by atoms with Crippen molar-refractivity contribution in [3.63, 3.8) is 0 Å². The van der Waals surface area contributed by atoms with E-state index < -0.39 is 36.0 Å². The van der Waals surface area contributed by atoms with Gasteiger partial charge in [0.15, 0.2) is 0 Å². The van der Waals surface area contributed by atoms with Crippen LogP contribution in [0.5, 0.6) is 0 Å². The summed E-state index contributed by atoms with van der Waals surface area (Å²) >= 11 is 0. The van der Waals surface area contributed by atoms with Crippen molar-refractivity contribution in [1.29, 1.82) is 0 Å².